The topological polar surface area (TPSA) is 104 Å². The molecule has 1 aromatic heterocycles. The number of nitrogens with zero attached hydrogens (tertiary/aromatic N) is 2. The summed E-state index contributed by atoms with van der Waals surface area (Å²) in [6.07, 6.45) is -2.87. The summed E-state index contributed by atoms with van der Waals surface area (Å²) in [5, 5.41) is 13.4. The molecule has 174 valence electrons. The van der Waals surface area contributed by atoms with Gasteiger partial charge in [0.25, 0.3) is 11.6 Å². The summed E-state index contributed by atoms with van der Waals surface area (Å²) in [6, 6.07) is 5.06. The molecule has 0 unspecified atom stereocenters. The number of nitro groups is 1. The molecule has 0 spiro atoms. The molecule has 0 atom stereocenters. The molecule has 1 heterocycles. The molecule has 0 radical (unpaired) electrons. The summed E-state index contributed by atoms with van der Waals surface area (Å²) in [6.45, 7) is 2.21. The molecule has 32 heavy (non-hydrogen) atoms. The first kappa shape index (κ1) is 25.2. The number of rotatable bonds is 11. The number of aromatic nitrogens is 1. The Morgan fingerprint density at radius 2 is 1.78 bits per heavy atom. The second kappa shape index (κ2) is 11.5. The number of carbonyl (C=O) groups is 1. The SMILES string of the molecule is CCCCOc1cc(C(F)(F)F)cc(OCCCNC(=O)c2cc([N+](=O)[O-])ccc2Cl)n1. The van der Waals surface area contributed by atoms with Crippen molar-refractivity contribution in [3.05, 3.63) is 56.6 Å². The van der Waals surface area contributed by atoms with E-state index < -0.39 is 22.6 Å². The van der Waals surface area contributed by atoms with Crippen molar-refractivity contribution in [1.82, 2.24) is 10.3 Å². The molecule has 12 heteroatoms. The van der Waals surface area contributed by atoms with Gasteiger partial charge in [0.05, 0.1) is 34.3 Å². The van der Waals surface area contributed by atoms with E-state index in [1.54, 1.807) is 0 Å². The van der Waals surface area contributed by atoms with Gasteiger partial charge in [-0.3, -0.25) is 14.9 Å². The standard InChI is InChI=1S/C20H21ClF3N3O5/c1-2-3-8-31-17-10-13(20(22,23)24)11-18(26-17)32-9-4-7-25-19(28)15-12-14(27(29)30)5-6-16(15)21/h5-6,10-12H,2-4,7-9H2,1H3,(H,25,28). The number of nitro benzene ring substituents is 1. The molecule has 0 saturated heterocycles. The predicted molar refractivity (Wildman–Crippen MR) is 110 cm³/mol. The fraction of sp³-hybridized carbons (Fsp3) is 0.400. The third-order valence-corrected chi connectivity index (χ3v) is 4.45. The highest BCUT2D eigenvalue weighted by atomic mass is 35.5. The summed E-state index contributed by atoms with van der Waals surface area (Å²) in [4.78, 5) is 26.3. The van der Waals surface area contributed by atoms with Gasteiger partial charge in [-0.2, -0.15) is 18.2 Å². The van der Waals surface area contributed by atoms with E-state index in [1.807, 2.05) is 6.92 Å². The lowest BCUT2D eigenvalue weighted by molar-refractivity contribution is -0.384. The van der Waals surface area contributed by atoms with Crippen molar-refractivity contribution in [2.75, 3.05) is 19.8 Å². The number of unbranched alkanes of at least 4 members (excludes halogenated alkanes) is 1. The first-order valence-electron chi connectivity index (χ1n) is 9.69. The monoisotopic (exact) mass is 475 g/mol. The number of carbonyl (C=O) groups excluding carboxylic acids is 1. The largest absolute Gasteiger partial charge is 0.478 e. The summed E-state index contributed by atoms with van der Waals surface area (Å²) in [7, 11) is 0. The van der Waals surface area contributed by atoms with Gasteiger partial charge in [-0.05, 0) is 18.9 Å². The zero-order chi connectivity index (χ0) is 23.7. The second-order valence-corrected chi connectivity index (χ2v) is 7.02. The van der Waals surface area contributed by atoms with E-state index >= 15 is 0 Å². The van der Waals surface area contributed by atoms with E-state index in [0.29, 0.717) is 6.42 Å². The summed E-state index contributed by atoms with van der Waals surface area (Å²) in [5.41, 5.74) is -1.28. The number of nitrogens with one attached hydrogen (secondary N) is 1. The van der Waals surface area contributed by atoms with Crippen LogP contribution in [0, 0.1) is 10.1 Å². The maximum atomic E-state index is 13.1. The van der Waals surface area contributed by atoms with Crippen LogP contribution < -0.4 is 14.8 Å². The summed E-state index contributed by atoms with van der Waals surface area (Å²) >= 11 is 5.91. The quantitative estimate of drug-likeness (QED) is 0.277. The number of halogens is 4. The normalized spacial score (nSPS) is 11.2. The van der Waals surface area contributed by atoms with Crippen LogP contribution in [0.5, 0.6) is 11.8 Å². The van der Waals surface area contributed by atoms with Gasteiger partial charge < -0.3 is 14.8 Å². The van der Waals surface area contributed by atoms with E-state index in [1.165, 1.54) is 12.1 Å². The Labute approximate surface area is 186 Å². The maximum absolute atomic E-state index is 13.1. The van der Waals surface area contributed by atoms with Gasteiger partial charge >= 0.3 is 6.18 Å². The number of hydrogen-bond donors (Lipinski definition) is 1. The molecule has 2 aromatic rings. The van der Waals surface area contributed by atoms with E-state index in [-0.39, 0.29) is 54.2 Å². The van der Waals surface area contributed by atoms with Gasteiger partial charge in [-0.15, -0.1) is 0 Å². The second-order valence-electron chi connectivity index (χ2n) is 6.61. The van der Waals surface area contributed by atoms with Crippen LogP contribution in [0.3, 0.4) is 0 Å². The van der Waals surface area contributed by atoms with Crippen LogP contribution in [0.25, 0.3) is 0 Å². The Bertz CT molecular complexity index is 957. The van der Waals surface area contributed by atoms with E-state index in [2.05, 4.69) is 10.3 Å². The molecule has 0 aliphatic carbocycles. The highest BCUT2D eigenvalue weighted by Gasteiger charge is 2.32. The predicted octanol–water partition coefficient (Wildman–Crippen LogP) is 5.04. The van der Waals surface area contributed by atoms with Gasteiger partial charge in [-0.25, -0.2) is 0 Å². The smallest absolute Gasteiger partial charge is 0.416 e. The molecule has 0 aliphatic heterocycles. The molecule has 1 aromatic carbocycles. The van der Waals surface area contributed by atoms with Crippen molar-refractivity contribution in [3.8, 4) is 11.8 Å². The number of amides is 1. The van der Waals surface area contributed by atoms with Crippen LogP contribution in [0.2, 0.25) is 5.02 Å². The van der Waals surface area contributed by atoms with Gasteiger partial charge in [0.1, 0.15) is 0 Å². The summed E-state index contributed by atoms with van der Waals surface area (Å²) in [5.74, 6) is -1.06. The first-order valence-corrected chi connectivity index (χ1v) is 10.1. The van der Waals surface area contributed by atoms with Crippen LogP contribution in [-0.4, -0.2) is 35.6 Å². The van der Waals surface area contributed by atoms with Crippen LogP contribution >= 0.6 is 11.6 Å². The van der Waals surface area contributed by atoms with Crippen LogP contribution in [0.15, 0.2) is 30.3 Å². The van der Waals surface area contributed by atoms with Crippen molar-refractivity contribution < 1.29 is 32.4 Å². The number of ether oxygens (including phenoxy) is 2. The fourth-order valence-electron chi connectivity index (χ4n) is 2.46. The van der Waals surface area contributed by atoms with Crippen molar-refractivity contribution >= 4 is 23.2 Å². The van der Waals surface area contributed by atoms with Gasteiger partial charge in [-0.1, -0.05) is 24.9 Å². The van der Waals surface area contributed by atoms with E-state index in [9.17, 15) is 28.1 Å². The van der Waals surface area contributed by atoms with Crippen molar-refractivity contribution in [2.24, 2.45) is 0 Å². The fourth-order valence-corrected chi connectivity index (χ4v) is 2.66. The van der Waals surface area contributed by atoms with Crippen LogP contribution in [0.1, 0.15) is 42.1 Å². The number of hydrogen-bond acceptors (Lipinski definition) is 6. The Kier molecular flexibility index (Phi) is 9.06. The Hall–Kier alpha value is -3.08. The van der Waals surface area contributed by atoms with E-state index in [4.69, 9.17) is 21.1 Å². The van der Waals surface area contributed by atoms with E-state index in [0.717, 1.165) is 24.6 Å². The van der Waals surface area contributed by atoms with Gasteiger partial charge in [0.15, 0.2) is 0 Å². The number of pyridine rings is 1. The highest BCUT2D eigenvalue weighted by molar-refractivity contribution is 6.33. The number of benzene rings is 1. The van der Waals surface area contributed by atoms with Gasteiger partial charge in [0, 0.05) is 30.8 Å². The zero-order valence-corrected chi connectivity index (χ0v) is 17.8. The average Bonchev–Trinajstić information content (AvgIpc) is 2.73. The van der Waals surface area contributed by atoms with Crippen LogP contribution in [0.4, 0.5) is 18.9 Å². The lowest BCUT2D eigenvalue weighted by atomic mass is 10.2. The minimum atomic E-state index is -4.59. The van der Waals surface area contributed by atoms with Crippen molar-refractivity contribution in [3.63, 3.8) is 0 Å². The molecule has 0 aliphatic rings. The minimum Gasteiger partial charge on any atom is -0.478 e. The molecular formula is C20H21ClF3N3O5. The molecule has 1 amide bonds. The summed E-state index contributed by atoms with van der Waals surface area (Å²) < 4.78 is 49.9. The van der Waals surface area contributed by atoms with Crippen LogP contribution in [-0.2, 0) is 6.18 Å². The Balaban J connectivity index is 1.91. The molecule has 2 rings (SSSR count). The molecule has 0 bridgehead atoms. The lowest BCUT2D eigenvalue weighted by Gasteiger charge is -2.13. The van der Waals surface area contributed by atoms with Gasteiger partial charge in [0.2, 0.25) is 11.8 Å². The highest BCUT2D eigenvalue weighted by Crippen LogP contribution is 2.33. The van der Waals surface area contributed by atoms with Crippen molar-refractivity contribution in [1.29, 1.82) is 0 Å². The molecule has 1 N–H and O–H groups in total. The third kappa shape index (κ3) is 7.56. The number of alkyl halides is 3. The first-order chi connectivity index (χ1) is 15.1. The maximum Gasteiger partial charge on any atom is 0.416 e. The Morgan fingerprint density at radius 1 is 1.16 bits per heavy atom. The lowest BCUT2D eigenvalue weighted by Crippen LogP contribution is -2.26. The zero-order valence-electron chi connectivity index (χ0n) is 17.1. The number of non-ortho nitro benzene ring substituents is 1. The molecule has 8 nitrogen and oxygen atoms in total. The molecule has 0 fully saturated rings. The minimum absolute atomic E-state index is 0.0361. The molecule has 0 saturated carbocycles. The van der Waals surface area contributed by atoms with Crippen molar-refractivity contribution in [2.45, 2.75) is 32.4 Å². The average molecular weight is 476 g/mol. The third-order valence-electron chi connectivity index (χ3n) is 4.12. The Morgan fingerprint density at radius 3 is 2.34 bits per heavy atom. The molecular weight excluding hydrogens is 455 g/mol.